The maximum atomic E-state index is 7.54. The molecule has 2 aromatic heterocycles. The van der Waals surface area contributed by atoms with Crippen molar-refractivity contribution in [2.45, 2.75) is 20.3 Å². The Morgan fingerprint density at radius 2 is 2.07 bits per heavy atom. The molecule has 0 saturated heterocycles. The van der Waals surface area contributed by atoms with E-state index in [0.29, 0.717) is 23.1 Å². The SMILES string of the molecule is CN/C=C(\C=N)c1cnc2ccc(N/C(N)=C/C(=C\N)CC(C)C)nc2c1. The number of nitrogens with two attached hydrogens (primary N) is 2. The third-order valence-electron chi connectivity index (χ3n) is 3.80. The largest absolute Gasteiger partial charge is 0.404 e. The van der Waals surface area contributed by atoms with Crippen molar-refractivity contribution in [1.29, 1.82) is 5.41 Å². The second-order valence-corrected chi connectivity index (χ2v) is 6.56. The molecule has 0 amide bonds. The summed E-state index contributed by atoms with van der Waals surface area (Å²) in [5.74, 6) is 1.57. The van der Waals surface area contributed by atoms with E-state index in [0.717, 1.165) is 28.6 Å². The van der Waals surface area contributed by atoms with E-state index in [4.69, 9.17) is 16.9 Å². The van der Waals surface area contributed by atoms with Crippen LogP contribution in [0.3, 0.4) is 0 Å². The van der Waals surface area contributed by atoms with Gasteiger partial charge in [-0.1, -0.05) is 13.8 Å². The van der Waals surface area contributed by atoms with Crippen LogP contribution in [0.4, 0.5) is 5.82 Å². The van der Waals surface area contributed by atoms with Gasteiger partial charge in [-0.3, -0.25) is 4.98 Å². The molecule has 2 aromatic rings. The number of nitrogens with one attached hydrogen (secondary N) is 3. The first-order chi connectivity index (χ1) is 13.0. The molecule has 0 saturated carbocycles. The molecule has 0 spiro atoms. The number of nitrogens with zero attached hydrogens (tertiary/aromatic N) is 2. The Morgan fingerprint density at radius 3 is 2.70 bits per heavy atom. The molecule has 7 nitrogen and oxygen atoms in total. The van der Waals surface area contributed by atoms with E-state index in [1.807, 2.05) is 24.3 Å². The van der Waals surface area contributed by atoms with E-state index in [1.165, 1.54) is 6.21 Å². The molecule has 0 aromatic carbocycles. The number of fused-ring (bicyclic) bond motifs is 1. The summed E-state index contributed by atoms with van der Waals surface area (Å²) < 4.78 is 0. The van der Waals surface area contributed by atoms with Crippen LogP contribution in [0.25, 0.3) is 16.6 Å². The second kappa shape index (κ2) is 9.38. The van der Waals surface area contributed by atoms with Crippen molar-refractivity contribution in [2.75, 3.05) is 12.4 Å². The number of anilines is 1. The van der Waals surface area contributed by atoms with E-state index >= 15 is 0 Å². The summed E-state index contributed by atoms with van der Waals surface area (Å²) in [4.78, 5) is 8.99. The third-order valence-corrected chi connectivity index (χ3v) is 3.80. The Balaban J connectivity index is 2.29. The Bertz CT molecular complexity index is 894. The van der Waals surface area contributed by atoms with Crippen LogP contribution in [-0.2, 0) is 0 Å². The summed E-state index contributed by atoms with van der Waals surface area (Å²) in [7, 11) is 1.79. The van der Waals surface area contributed by atoms with Crippen LogP contribution in [0.15, 0.2) is 54.3 Å². The first kappa shape index (κ1) is 20.0. The van der Waals surface area contributed by atoms with Gasteiger partial charge in [-0.05, 0) is 48.4 Å². The molecule has 0 aliphatic rings. The molecular weight excluding hydrogens is 338 g/mol. The minimum Gasteiger partial charge on any atom is -0.404 e. The Kier molecular flexibility index (Phi) is 6.93. The van der Waals surface area contributed by atoms with E-state index in [2.05, 4.69) is 34.4 Å². The molecule has 0 fully saturated rings. The molecule has 27 heavy (non-hydrogen) atoms. The maximum Gasteiger partial charge on any atom is 0.132 e. The van der Waals surface area contributed by atoms with E-state index in [9.17, 15) is 0 Å². The molecule has 0 unspecified atom stereocenters. The van der Waals surface area contributed by atoms with Gasteiger partial charge in [0.1, 0.15) is 11.6 Å². The van der Waals surface area contributed by atoms with Gasteiger partial charge >= 0.3 is 0 Å². The molecule has 2 heterocycles. The number of allylic oxidation sites excluding steroid dienone is 3. The van der Waals surface area contributed by atoms with E-state index < -0.39 is 0 Å². The Hall–Kier alpha value is -3.35. The van der Waals surface area contributed by atoms with Gasteiger partial charge in [0.2, 0.25) is 0 Å². The molecule has 0 aliphatic heterocycles. The van der Waals surface area contributed by atoms with Gasteiger partial charge in [0, 0.05) is 36.8 Å². The van der Waals surface area contributed by atoms with Crippen molar-refractivity contribution < 1.29 is 0 Å². The van der Waals surface area contributed by atoms with Gasteiger partial charge in [-0.25, -0.2) is 4.98 Å². The lowest BCUT2D eigenvalue weighted by Gasteiger charge is -2.10. The zero-order valence-corrected chi connectivity index (χ0v) is 16.0. The molecular formula is C20H27N7. The lowest BCUT2D eigenvalue weighted by molar-refractivity contribution is 0.648. The number of aromatic nitrogens is 2. The topological polar surface area (TPSA) is 126 Å². The molecule has 0 aliphatic carbocycles. The van der Waals surface area contributed by atoms with Crippen LogP contribution in [0.1, 0.15) is 25.8 Å². The minimum atomic E-state index is 0.471. The van der Waals surface area contributed by atoms with Crippen molar-refractivity contribution in [1.82, 2.24) is 15.3 Å². The van der Waals surface area contributed by atoms with Crippen LogP contribution in [0.2, 0.25) is 0 Å². The smallest absolute Gasteiger partial charge is 0.132 e. The molecule has 2 rings (SSSR count). The van der Waals surface area contributed by atoms with Crippen LogP contribution in [0, 0.1) is 11.3 Å². The van der Waals surface area contributed by atoms with Gasteiger partial charge in [-0.2, -0.15) is 0 Å². The molecule has 7 heteroatoms. The highest BCUT2D eigenvalue weighted by molar-refractivity contribution is 6.08. The number of hydrogen-bond acceptors (Lipinski definition) is 7. The van der Waals surface area contributed by atoms with Crippen molar-refractivity contribution >= 4 is 28.6 Å². The lowest BCUT2D eigenvalue weighted by atomic mass is 10.0. The molecule has 7 N–H and O–H groups in total. The Morgan fingerprint density at radius 1 is 1.30 bits per heavy atom. The first-order valence-electron chi connectivity index (χ1n) is 8.76. The van der Waals surface area contributed by atoms with Crippen LogP contribution in [0.5, 0.6) is 0 Å². The summed E-state index contributed by atoms with van der Waals surface area (Å²) >= 11 is 0. The predicted octanol–water partition coefficient (Wildman–Crippen LogP) is 2.94. The fourth-order valence-corrected chi connectivity index (χ4v) is 2.63. The monoisotopic (exact) mass is 365 g/mol. The third kappa shape index (κ3) is 5.57. The fourth-order valence-electron chi connectivity index (χ4n) is 2.63. The van der Waals surface area contributed by atoms with Gasteiger partial charge in [0.15, 0.2) is 0 Å². The summed E-state index contributed by atoms with van der Waals surface area (Å²) in [5.41, 5.74) is 15.7. The fraction of sp³-hybridized carbons (Fsp3) is 0.250. The number of hydrogen-bond donors (Lipinski definition) is 5. The predicted molar refractivity (Wildman–Crippen MR) is 113 cm³/mol. The van der Waals surface area contributed by atoms with Crippen LogP contribution >= 0.6 is 0 Å². The average Bonchev–Trinajstić information content (AvgIpc) is 2.64. The lowest BCUT2D eigenvalue weighted by Crippen LogP contribution is -2.11. The highest BCUT2D eigenvalue weighted by Gasteiger charge is 2.05. The maximum absolute atomic E-state index is 7.54. The van der Waals surface area contributed by atoms with Crippen molar-refractivity contribution in [2.24, 2.45) is 17.4 Å². The first-order valence-corrected chi connectivity index (χ1v) is 8.76. The van der Waals surface area contributed by atoms with Crippen LogP contribution < -0.4 is 22.1 Å². The summed E-state index contributed by atoms with van der Waals surface area (Å²) in [6.45, 7) is 4.25. The van der Waals surface area contributed by atoms with E-state index in [-0.39, 0.29) is 0 Å². The molecule has 142 valence electrons. The highest BCUT2D eigenvalue weighted by atomic mass is 15.1. The quantitative estimate of drug-likeness (QED) is 0.362. The molecule has 0 radical (unpaired) electrons. The highest BCUT2D eigenvalue weighted by Crippen LogP contribution is 2.19. The van der Waals surface area contributed by atoms with Gasteiger partial charge in [0.25, 0.3) is 0 Å². The summed E-state index contributed by atoms with van der Waals surface area (Å²) in [6.07, 6.45) is 8.99. The van der Waals surface area contributed by atoms with Crippen molar-refractivity contribution in [3.05, 3.63) is 59.8 Å². The minimum absolute atomic E-state index is 0.471. The van der Waals surface area contributed by atoms with Crippen molar-refractivity contribution in [3.63, 3.8) is 0 Å². The zero-order chi connectivity index (χ0) is 19.8. The van der Waals surface area contributed by atoms with E-state index in [1.54, 1.807) is 25.6 Å². The Labute approximate surface area is 159 Å². The molecule has 0 atom stereocenters. The zero-order valence-electron chi connectivity index (χ0n) is 16.0. The van der Waals surface area contributed by atoms with Gasteiger partial charge < -0.3 is 27.5 Å². The standard InChI is InChI=1S/C20H27N7/c1-13(2)6-14(9-21)7-19(23)27-20-5-4-17-18(26-20)8-15(12-25-17)16(10-22)11-24-3/h4-5,7-13,22,24H,6,21,23H2,1-3H3,(H,26,27)/b14-9-,16-11+,19-7+,22-10?. The van der Waals surface area contributed by atoms with Gasteiger partial charge in [-0.15, -0.1) is 0 Å². The van der Waals surface area contributed by atoms with Crippen LogP contribution in [-0.4, -0.2) is 23.2 Å². The van der Waals surface area contributed by atoms with Gasteiger partial charge in [0.05, 0.1) is 11.0 Å². The summed E-state index contributed by atoms with van der Waals surface area (Å²) in [6, 6.07) is 5.60. The normalized spacial score (nSPS) is 13.1. The second-order valence-electron chi connectivity index (χ2n) is 6.56. The summed E-state index contributed by atoms with van der Waals surface area (Å²) in [5, 5.41) is 13.6. The number of rotatable bonds is 8. The van der Waals surface area contributed by atoms with Crippen molar-refractivity contribution in [3.8, 4) is 0 Å². The average molecular weight is 365 g/mol. The molecule has 0 bridgehead atoms. The number of pyridine rings is 2.